The summed E-state index contributed by atoms with van der Waals surface area (Å²) in [6.45, 7) is 0.199. The molecule has 1 aromatic carbocycles. The molecule has 20 heavy (non-hydrogen) atoms. The SMILES string of the molecule is O=C(c1ccc(C#CCO)cc1)N(CCO)C1CCC1. The first-order valence-electron chi connectivity index (χ1n) is 6.88. The van der Waals surface area contributed by atoms with Crippen LogP contribution in [0.5, 0.6) is 0 Å². The average Bonchev–Trinajstić information content (AvgIpc) is 2.42. The van der Waals surface area contributed by atoms with Gasteiger partial charge in [-0.15, -0.1) is 0 Å². The summed E-state index contributed by atoms with van der Waals surface area (Å²) in [4.78, 5) is 14.2. The van der Waals surface area contributed by atoms with Crippen LogP contribution >= 0.6 is 0 Å². The van der Waals surface area contributed by atoms with E-state index >= 15 is 0 Å². The molecule has 0 spiro atoms. The average molecular weight is 273 g/mol. The molecule has 4 nitrogen and oxygen atoms in total. The van der Waals surface area contributed by atoms with Crippen LogP contribution in [0.25, 0.3) is 0 Å². The van der Waals surface area contributed by atoms with Crippen molar-refractivity contribution in [1.82, 2.24) is 4.90 Å². The van der Waals surface area contributed by atoms with Gasteiger partial charge in [0.25, 0.3) is 5.91 Å². The highest BCUT2D eigenvalue weighted by Gasteiger charge is 2.28. The van der Waals surface area contributed by atoms with E-state index in [-0.39, 0.29) is 25.2 Å². The number of carbonyl (C=O) groups excluding carboxylic acids is 1. The van der Waals surface area contributed by atoms with Gasteiger partial charge in [-0.1, -0.05) is 11.8 Å². The van der Waals surface area contributed by atoms with Crippen LogP contribution in [0.15, 0.2) is 24.3 Å². The van der Waals surface area contributed by atoms with Crippen LogP contribution < -0.4 is 0 Å². The number of carbonyl (C=O) groups is 1. The normalized spacial score (nSPS) is 14.1. The fraction of sp³-hybridized carbons (Fsp3) is 0.438. The zero-order valence-electron chi connectivity index (χ0n) is 11.4. The summed E-state index contributed by atoms with van der Waals surface area (Å²) >= 11 is 0. The zero-order valence-corrected chi connectivity index (χ0v) is 11.4. The number of amides is 1. The number of aliphatic hydroxyl groups is 2. The van der Waals surface area contributed by atoms with E-state index in [4.69, 9.17) is 10.2 Å². The standard InChI is InChI=1S/C16H19NO3/c18-11-2-3-13-6-8-14(9-7-13)16(20)17(10-12-19)15-4-1-5-15/h6-9,15,18-19H,1,4-5,10-12H2. The Balaban J connectivity index is 2.10. The molecule has 1 saturated carbocycles. The summed E-state index contributed by atoms with van der Waals surface area (Å²) in [5.41, 5.74) is 1.38. The molecule has 2 rings (SSSR count). The Morgan fingerprint density at radius 3 is 2.45 bits per heavy atom. The van der Waals surface area contributed by atoms with Crippen molar-refractivity contribution in [2.75, 3.05) is 19.8 Å². The van der Waals surface area contributed by atoms with Gasteiger partial charge in [0.15, 0.2) is 0 Å². The molecule has 0 bridgehead atoms. The van der Waals surface area contributed by atoms with Crippen molar-refractivity contribution >= 4 is 5.91 Å². The Morgan fingerprint density at radius 1 is 1.25 bits per heavy atom. The summed E-state index contributed by atoms with van der Waals surface area (Å²) in [7, 11) is 0. The van der Waals surface area contributed by atoms with E-state index in [1.165, 1.54) is 0 Å². The van der Waals surface area contributed by atoms with Gasteiger partial charge < -0.3 is 15.1 Å². The molecule has 1 aliphatic carbocycles. The second kappa shape index (κ2) is 7.09. The van der Waals surface area contributed by atoms with Crippen molar-refractivity contribution in [2.45, 2.75) is 25.3 Å². The Hall–Kier alpha value is -1.83. The van der Waals surface area contributed by atoms with Crippen LogP contribution in [-0.2, 0) is 0 Å². The maximum absolute atomic E-state index is 12.4. The van der Waals surface area contributed by atoms with Gasteiger partial charge in [-0.05, 0) is 43.5 Å². The van der Waals surface area contributed by atoms with Gasteiger partial charge in [0, 0.05) is 23.7 Å². The molecule has 1 fully saturated rings. The lowest BCUT2D eigenvalue weighted by Gasteiger charge is -2.37. The Labute approximate surface area is 119 Å². The van der Waals surface area contributed by atoms with E-state index < -0.39 is 0 Å². The molecule has 1 aromatic rings. The number of aliphatic hydroxyl groups excluding tert-OH is 2. The van der Waals surface area contributed by atoms with Gasteiger partial charge in [0.1, 0.15) is 6.61 Å². The minimum Gasteiger partial charge on any atom is -0.395 e. The second-order valence-corrected chi connectivity index (χ2v) is 4.84. The zero-order chi connectivity index (χ0) is 14.4. The van der Waals surface area contributed by atoms with E-state index in [9.17, 15) is 4.79 Å². The predicted octanol–water partition coefficient (Wildman–Crippen LogP) is 1.02. The number of hydrogen-bond donors (Lipinski definition) is 2. The molecular formula is C16H19NO3. The molecule has 0 aliphatic heterocycles. The third kappa shape index (κ3) is 3.38. The van der Waals surface area contributed by atoms with E-state index in [1.807, 2.05) is 0 Å². The molecule has 4 heteroatoms. The van der Waals surface area contributed by atoms with Crippen molar-refractivity contribution in [3.05, 3.63) is 35.4 Å². The first-order valence-corrected chi connectivity index (χ1v) is 6.88. The molecule has 106 valence electrons. The molecule has 0 aromatic heterocycles. The number of benzene rings is 1. The van der Waals surface area contributed by atoms with Crippen molar-refractivity contribution in [3.8, 4) is 11.8 Å². The van der Waals surface area contributed by atoms with Crippen LogP contribution in [-0.4, -0.2) is 46.8 Å². The van der Waals surface area contributed by atoms with Gasteiger partial charge in [-0.25, -0.2) is 0 Å². The van der Waals surface area contributed by atoms with Gasteiger partial charge >= 0.3 is 0 Å². The first kappa shape index (κ1) is 14.6. The van der Waals surface area contributed by atoms with Crippen LogP contribution in [0.1, 0.15) is 35.2 Å². The smallest absolute Gasteiger partial charge is 0.254 e. The monoisotopic (exact) mass is 273 g/mol. The summed E-state index contributed by atoms with van der Waals surface area (Å²) in [5.74, 6) is 5.33. The molecular weight excluding hydrogens is 254 g/mol. The van der Waals surface area contributed by atoms with Gasteiger partial charge in [-0.3, -0.25) is 4.79 Å². The Morgan fingerprint density at radius 2 is 1.95 bits per heavy atom. The summed E-state index contributed by atoms with van der Waals surface area (Å²) in [5, 5.41) is 17.7. The summed E-state index contributed by atoms with van der Waals surface area (Å²) < 4.78 is 0. The van der Waals surface area contributed by atoms with Crippen LogP contribution in [0, 0.1) is 11.8 Å². The van der Waals surface area contributed by atoms with Crippen molar-refractivity contribution in [2.24, 2.45) is 0 Å². The van der Waals surface area contributed by atoms with Gasteiger partial charge in [0.05, 0.1) is 6.61 Å². The van der Waals surface area contributed by atoms with Gasteiger partial charge in [-0.2, -0.15) is 0 Å². The lowest BCUT2D eigenvalue weighted by molar-refractivity contribution is 0.0526. The largest absolute Gasteiger partial charge is 0.395 e. The maximum Gasteiger partial charge on any atom is 0.254 e. The van der Waals surface area contributed by atoms with Crippen LogP contribution in [0.3, 0.4) is 0 Å². The van der Waals surface area contributed by atoms with Crippen molar-refractivity contribution < 1.29 is 15.0 Å². The molecule has 0 saturated heterocycles. The van der Waals surface area contributed by atoms with E-state index in [0.29, 0.717) is 12.1 Å². The fourth-order valence-electron chi connectivity index (χ4n) is 2.26. The molecule has 0 atom stereocenters. The third-order valence-corrected chi connectivity index (χ3v) is 3.56. The summed E-state index contributed by atoms with van der Waals surface area (Å²) in [6, 6.07) is 7.30. The topological polar surface area (TPSA) is 60.8 Å². The Kier molecular flexibility index (Phi) is 5.16. The quantitative estimate of drug-likeness (QED) is 0.805. The van der Waals surface area contributed by atoms with Crippen molar-refractivity contribution in [3.63, 3.8) is 0 Å². The second-order valence-electron chi connectivity index (χ2n) is 4.84. The van der Waals surface area contributed by atoms with Crippen LogP contribution in [0.2, 0.25) is 0 Å². The highest BCUT2D eigenvalue weighted by Crippen LogP contribution is 2.26. The third-order valence-electron chi connectivity index (χ3n) is 3.56. The first-order chi connectivity index (χ1) is 9.76. The lowest BCUT2D eigenvalue weighted by Crippen LogP contribution is -2.45. The minimum atomic E-state index is -0.174. The Bertz CT molecular complexity index is 509. The molecule has 0 unspecified atom stereocenters. The fourth-order valence-corrected chi connectivity index (χ4v) is 2.26. The molecule has 0 radical (unpaired) electrons. The minimum absolute atomic E-state index is 0.0116. The van der Waals surface area contributed by atoms with E-state index in [1.54, 1.807) is 29.2 Å². The molecule has 2 N–H and O–H groups in total. The van der Waals surface area contributed by atoms with Gasteiger partial charge in [0.2, 0.25) is 0 Å². The maximum atomic E-state index is 12.4. The molecule has 1 aliphatic rings. The highest BCUT2D eigenvalue weighted by molar-refractivity contribution is 5.94. The number of hydrogen-bond acceptors (Lipinski definition) is 3. The molecule has 0 heterocycles. The van der Waals surface area contributed by atoms with E-state index in [0.717, 1.165) is 24.8 Å². The van der Waals surface area contributed by atoms with E-state index in [2.05, 4.69) is 11.8 Å². The predicted molar refractivity (Wildman–Crippen MR) is 76.2 cm³/mol. The van der Waals surface area contributed by atoms with Crippen LogP contribution in [0.4, 0.5) is 0 Å². The lowest BCUT2D eigenvalue weighted by atomic mass is 9.91. The highest BCUT2D eigenvalue weighted by atomic mass is 16.3. The molecule has 1 amide bonds. The van der Waals surface area contributed by atoms with Crippen molar-refractivity contribution in [1.29, 1.82) is 0 Å². The number of rotatable bonds is 4. The number of nitrogens with zero attached hydrogens (tertiary/aromatic N) is 1. The summed E-state index contributed by atoms with van der Waals surface area (Å²) in [6.07, 6.45) is 3.19.